The van der Waals surface area contributed by atoms with Crippen molar-refractivity contribution in [2.45, 2.75) is 13.0 Å². The van der Waals surface area contributed by atoms with Crippen LogP contribution in [0.4, 0.5) is 5.13 Å². The third-order valence-electron chi connectivity index (χ3n) is 5.99. The number of nitrogens with zero attached hydrogens (tertiary/aromatic N) is 2. The fourth-order valence-corrected chi connectivity index (χ4v) is 5.14. The molecule has 1 amide bonds. The normalized spacial score (nSPS) is 17.2. The van der Waals surface area contributed by atoms with E-state index in [9.17, 15) is 14.7 Å². The molecular weight excluding hydrogens is 464 g/mol. The van der Waals surface area contributed by atoms with Crippen LogP contribution in [0.2, 0.25) is 0 Å². The summed E-state index contributed by atoms with van der Waals surface area (Å²) in [5.41, 5.74) is 2.82. The van der Waals surface area contributed by atoms with Crippen molar-refractivity contribution in [3.05, 3.63) is 89.0 Å². The Morgan fingerprint density at radius 1 is 0.943 bits per heavy atom. The quantitative estimate of drug-likeness (QED) is 0.236. The fraction of sp³-hybridized carbons (Fsp3) is 0.148. The molecule has 1 aliphatic heterocycles. The maximum Gasteiger partial charge on any atom is 0.301 e. The van der Waals surface area contributed by atoms with Crippen LogP contribution in [-0.4, -0.2) is 36.0 Å². The van der Waals surface area contributed by atoms with Crippen LogP contribution in [0.3, 0.4) is 0 Å². The second-order valence-electron chi connectivity index (χ2n) is 8.14. The van der Waals surface area contributed by atoms with Crippen LogP contribution in [-0.2, 0) is 9.59 Å². The average Bonchev–Trinajstić information content (AvgIpc) is 3.41. The van der Waals surface area contributed by atoms with Crippen LogP contribution < -0.4 is 14.4 Å². The van der Waals surface area contributed by atoms with Crippen LogP contribution in [0.1, 0.15) is 22.7 Å². The van der Waals surface area contributed by atoms with Gasteiger partial charge in [-0.05, 0) is 42.8 Å². The first kappa shape index (κ1) is 22.6. The molecule has 7 nitrogen and oxygen atoms in total. The molecule has 1 fully saturated rings. The van der Waals surface area contributed by atoms with Gasteiger partial charge in [-0.15, -0.1) is 0 Å². The molecule has 35 heavy (non-hydrogen) atoms. The minimum absolute atomic E-state index is 0.0147. The topological polar surface area (TPSA) is 89.0 Å². The number of hydrogen-bond donors (Lipinski definition) is 1. The number of aliphatic hydroxyl groups is 1. The summed E-state index contributed by atoms with van der Waals surface area (Å²) >= 11 is 1.28. The first-order chi connectivity index (χ1) is 16.9. The fourth-order valence-electron chi connectivity index (χ4n) is 4.12. The zero-order chi connectivity index (χ0) is 24.7. The van der Waals surface area contributed by atoms with Gasteiger partial charge >= 0.3 is 5.91 Å². The number of aromatic nitrogens is 1. The predicted molar refractivity (Wildman–Crippen MR) is 135 cm³/mol. The number of amides is 1. The Morgan fingerprint density at radius 3 is 2.26 bits per heavy atom. The van der Waals surface area contributed by atoms with E-state index in [2.05, 4.69) is 4.98 Å². The largest absolute Gasteiger partial charge is 0.507 e. The standard InChI is InChI=1S/C27H22N2O5S/c1-15-4-6-17(7-5-15)24(30)22-23(16-8-10-18(33-2)11-9-16)29(26(32)25(22)31)27-28-20-13-12-19(34-3)14-21(20)35-27/h4-14,23,30H,1-3H3/t23-/m1/s1. The van der Waals surface area contributed by atoms with Crippen molar-refractivity contribution in [1.29, 1.82) is 0 Å². The van der Waals surface area contributed by atoms with Gasteiger partial charge in [-0.3, -0.25) is 14.5 Å². The number of ether oxygens (including phenoxy) is 2. The molecule has 0 saturated carbocycles. The van der Waals surface area contributed by atoms with Gasteiger partial charge in [0, 0.05) is 5.56 Å². The van der Waals surface area contributed by atoms with Crippen molar-refractivity contribution < 1.29 is 24.2 Å². The molecule has 5 rings (SSSR count). The second-order valence-corrected chi connectivity index (χ2v) is 9.15. The van der Waals surface area contributed by atoms with Gasteiger partial charge in [-0.2, -0.15) is 0 Å². The third-order valence-corrected chi connectivity index (χ3v) is 7.01. The molecule has 1 aliphatic rings. The first-order valence-corrected chi connectivity index (χ1v) is 11.7. The van der Waals surface area contributed by atoms with E-state index in [1.807, 2.05) is 25.1 Å². The van der Waals surface area contributed by atoms with Crippen LogP contribution in [0.15, 0.2) is 72.3 Å². The van der Waals surface area contributed by atoms with E-state index in [0.29, 0.717) is 33.3 Å². The van der Waals surface area contributed by atoms with Crippen molar-refractivity contribution in [1.82, 2.24) is 4.98 Å². The highest BCUT2D eigenvalue weighted by molar-refractivity contribution is 7.22. The molecular formula is C27H22N2O5S. The summed E-state index contributed by atoms with van der Waals surface area (Å²) in [5.74, 6) is -0.433. The summed E-state index contributed by atoms with van der Waals surface area (Å²) in [6.07, 6.45) is 0. The Hall–Kier alpha value is -4.17. The number of methoxy groups -OCH3 is 2. The maximum absolute atomic E-state index is 13.4. The number of thiazole rings is 1. The number of Topliss-reactive ketones (excluding diaryl/α,β-unsaturated/α-hetero) is 1. The van der Waals surface area contributed by atoms with Gasteiger partial charge < -0.3 is 14.6 Å². The van der Waals surface area contributed by atoms with E-state index >= 15 is 0 Å². The lowest BCUT2D eigenvalue weighted by molar-refractivity contribution is -0.132. The Morgan fingerprint density at radius 2 is 1.60 bits per heavy atom. The number of ketones is 1. The van der Waals surface area contributed by atoms with Crippen molar-refractivity contribution in [3.8, 4) is 11.5 Å². The van der Waals surface area contributed by atoms with Crippen LogP contribution in [0, 0.1) is 6.92 Å². The number of aliphatic hydroxyl groups excluding tert-OH is 1. The smallest absolute Gasteiger partial charge is 0.301 e. The summed E-state index contributed by atoms with van der Waals surface area (Å²) in [4.78, 5) is 32.7. The van der Waals surface area contributed by atoms with Crippen LogP contribution in [0.5, 0.6) is 11.5 Å². The monoisotopic (exact) mass is 486 g/mol. The molecule has 1 aromatic heterocycles. The van der Waals surface area contributed by atoms with Gasteiger partial charge in [0.1, 0.15) is 17.3 Å². The highest BCUT2D eigenvalue weighted by Crippen LogP contribution is 2.44. The Balaban J connectivity index is 1.70. The maximum atomic E-state index is 13.4. The molecule has 2 heterocycles. The third kappa shape index (κ3) is 3.91. The lowest BCUT2D eigenvalue weighted by Crippen LogP contribution is -2.29. The Labute approximate surface area is 205 Å². The van der Waals surface area contributed by atoms with Gasteiger partial charge in [0.2, 0.25) is 0 Å². The van der Waals surface area contributed by atoms with Crippen LogP contribution in [0.25, 0.3) is 16.0 Å². The van der Waals surface area contributed by atoms with Crippen molar-refractivity contribution in [3.63, 3.8) is 0 Å². The average molecular weight is 487 g/mol. The molecule has 0 radical (unpaired) electrons. The summed E-state index contributed by atoms with van der Waals surface area (Å²) in [5, 5.41) is 11.6. The molecule has 3 aromatic carbocycles. The molecule has 0 aliphatic carbocycles. The van der Waals surface area contributed by atoms with Crippen molar-refractivity contribution >= 4 is 44.1 Å². The number of carbonyl (C=O) groups excluding carboxylic acids is 2. The molecule has 176 valence electrons. The minimum atomic E-state index is -0.857. The number of fused-ring (bicyclic) bond motifs is 1. The SMILES string of the molecule is COc1ccc([C@@H]2C(=C(O)c3ccc(C)cc3)C(=O)C(=O)N2c2nc3ccc(OC)cc3s2)cc1. The number of benzene rings is 3. The Kier molecular flexibility index (Phi) is 5.74. The number of carbonyl (C=O) groups is 2. The Bertz CT molecular complexity index is 1470. The lowest BCUT2D eigenvalue weighted by Gasteiger charge is -2.23. The van der Waals surface area contributed by atoms with E-state index in [4.69, 9.17) is 9.47 Å². The zero-order valence-electron chi connectivity index (χ0n) is 19.3. The van der Waals surface area contributed by atoms with Gasteiger partial charge in [0.05, 0.1) is 36.1 Å². The molecule has 8 heteroatoms. The highest BCUT2D eigenvalue weighted by Gasteiger charge is 2.48. The molecule has 4 aromatic rings. The van der Waals surface area contributed by atoms with E-state index in [1.165, 1.54) is 16.2 Å². The van der Waals surface area contributed by atoms with E-state index < -0.39 is 17.7 Å². The lowest BCUT2D eigenvalue weighted by atomic mass is 9.95. The van der Waals surface area contributed by atoms with E-state index in [-0.39, 0.29) is 11.3 Å². The van der Waals surface area contributed by atoms with Crippen molar-refractivity contribution in [2.75, 3.05) is 19.1 Å². The summed E-state index contributed by atoms with van der Waals surface area (Å²) in [6, 6.07) is 18.8. The number of anilines is 1. The van der Waals surface area contributed by atoms with E-state index in [1.54, 1.807) is 62.8 Å². The number of hydrogen-bond acceptors (Lipinski definition) is 7. The molecule has 1 atom stereocenters. The van der Waals surface area contributed by atoms with Gasteiger partial charge in [0.25, 0.3) is 5.78 Å². The summed E-state index contributed by atoms with van der Waals surface area (Å²) < 4.78 is 11.4. The number of aryl methyl sites for hydroxylation is 1. The molecule has 0 spiro atoms. The zero-order valence-corrected chi connectivity index (χ0v) is 20.1. The molecule has 1 saturated heterocycles. The van der Waals surface area contributed by atoms with Crippen molar-refractivity contribution in [2.24, 2.45) is 0 Å². The minimum Gasteiger partial charge on any atom is -0.507 e. The summed E-state index contributed by atoms with van der Waals surface area (Å²) in [7, 11) is 3.14. The first-order valence-electron chi connectivity index (χ1n) is 10.9. The second kappa shape index (κ2) is 8.88. The predicted octanol–water partition coefficient (Wildman–Crippen LogP) is 5.25. The summed E-state index contributed by atoms with van der Waals surface area (Å²) in [6.45, 7) is 1.93. The highest BCUT2D eigenvalue weighted by atomic mass is 32.1. The molecule has 1 N–H and O–H groups in total. The van der Waals surface area contributed by atoms with Crippen LogP contribution >= 0.6 is 11.3 Å². The van der Waals surface area contributed by atoms with E-state index in [0.717, 1.165) is 10.3 Å². The molecule has 0 bridgehead atoms. The molecule has 0 unspecified atom stereocenters. The van der Waals surface area contributed by atoms with Gasteiger partial charge in [-0.25, -0.2) is 4.98 Å². The van der Waals surface area contributed by atoms with Gasteiger partial charge in [-0.1, -0.05) is 53.3 Å². The number of rotatable bonds is 5. The van der Waals surface area contributed by atoms with Gasteiger partial charge in [0.15, 0.2) is 5.13 Å².